The Kier molecular flexibility index (Phi) is 4.32. The second kappa shape index (κ2) is 6.76. The first-order valence-corrected chi connectivity index (χ1v) is 9.32. The van der Waals surface area contributed by atoms with E-state index in [2.05, 4.69) is 23.0 Å². The number of para-hydroxylation sites is 1. The van der Waals surface area contributed by atoms with E-state index in [1.165, 1.54) is 5.56 Å². The molecule has 25 heavy (non-hydrogen) atoms. The van der Waals surface area contributed by atoms with Crippen molar-refractivity contribution >= 4 is 22.9 Å². The molecule has 0 saturated carbocycles. The van der Waals surface area contributed by atoms with Crippen LogP contribution in [0.15, 0.2) is 54.0 Å². The molecule has 2 aromatic heterocycles. The van der Waals surface area contributed by atoms with Crippen molar-refractivity contribution in [1.29, 1.82) is 0 Å². The lowest BCUT2D eigenvalue weighted by Gasteiger charge is -2.22. The van der Waals surface area contributed by atoms with Gasteiger partial charge in [0.1, 0.15) is 0 Å². The van der Waals surface area contributed by atoms with Crippen LogP contribution >= 0.6 is 11.3 Å². The summed E-state index contributed by atoms with van der Waals surface area (Å²) in [6, 6.07) is 14.2. The van der Waals surface area contributed by atoms with Crippen molar-refractivity contribution < 1.29 is 4.79 Å². The molecule has 1 aliphatic heterocycles. The molecule has 0 bridgehead atoms. The summed E-state index contributed by atoms with van der Waals surface area (Å²) in [5.74, 6) is 0.118. The Morgan fingerprint density at radius 1 is 1.20 bits per heavy atom. The van der Waals surface area contributed by atoms with Gasteiger partial charge in [0.15, 0.2) is 0 Å². The minimum atomic E-state index is 0.118. The summed E-state index contributed by atoms with van der Waals surface area (Å²) in [4.78, 5) is 23.7. The van der Waals surface area contributed by atoms with E-state index in [9.17, 15) is 4.79 Å². The molecule has 0 unspecified atom stereocenters. The molecule has 4 nitrogen and oxygen atoms in total. The maximum Gasteiger partial charge on any atom is 0.233 e. The van der Waals surface area contributed by atoms with Crippen molar-refractivity contribution in [3.63, 3.8) is 0 Å². The Hall–Kier alpha value is -2.53. The van der Waals surface area contributed by atoms with E-state index in [4.69, 9.17) is 0 Å². The van der Waals surface area contributed by atoms with E-state index in [0.29, 0.717) is 12.8 Å². The van der Waals surface area contributed by atoms with Crippen LogP contribution in [0.25, 0.3) is 0 Å². The molecule has 0 N–H and O–H groups in total. The maximum atomic E-state index is 12.8. The van der Waals surface area contributed by atoms with E-state index in [-0.39, 0.29) is 11.9 Å². The van der Waals surface area contributed by atoms with Crippen LogP contribution in [0.3, 0.4) is 0 Å². The highest BCUT2D eigenvalue weighted by molar-refractivity contribution is 7.09. The van der Waals surface area contributed by atoms with Gasteiger partial charge >= 0.3 is 0 Å². The van der Waals surface area contributed by atoms with Crippen LogP contribution in [-0.4, -0.2) is 21.9 Å². The van der Waals surface area contributed by atoms with Crippen molar-refractivity contribution in [3.8, 4) is 0 Å². The third-order valence-corrected chi connectivity index (χ3v) is 5.36. The van der Waals surface area contributed by atoms with Crippen LogP contribution in [0.5, 0.6) is 0 Å². The highest BCUT2D eigenvalue weighted by Gasteiger charge is 2.30. The van der Waals surface area contributed by atoms with Crippen molar-refractivity contribution in [2.45, 2.75) is 32.2 Å². The van der Waals surface area contributed by atoms with Gasteiger partial charge in [0, 0.05) is 35.4 Å². The molecule has 3 aromatic rings. The normalized spacial score (nSPS) is 16.0. The average molecular weight is 349 g/mol. The molecule has 5 heteroatoms. The van der Waals surface area contributed by atoms with Crippen LogP contribution < -0.4 is 4.90 Å². The molecule has 126 valence electrons. The van der Waals surface area contributed by atoms with Crippen LogP contribution in [0, 0.1) is 0 Å². The topological polar surface area (TPSA) is 46.1 Å². The van der Waals surface area contributed by atoms with Crippen molar-refractivity contribution in [2.75, 3.05) is 4.90 Å². The van der Waals surface area contributed by atoms with Gasteiger partial charge < -0.3 is 4.90 Å². The number of rotatable bonds is 4. The Balaban J connectivity index is 1.47. The molecule has 0 radical (unpaired) electrons. The lowest BCUT2D eigenvalue weighted by molar-refractivity contribution is -0.118. The van der Waals surface area contributed by atoms with Crippen molar-refractivity contribution in [2.24, 2.45) is 0 Å². The van der Waals surface area contributed by atoms with E-state index in [1.54, 1.807) is 17.5 Å². The number of amides is 1. The summed E-state index contributed by atoms with van der Waals surface area (Å²) in [5, 5.41) is 2.99. The number of benzene rings is 1. The van der Waals surface area contributed by atoms with Crippen LogP contribution in [0.2, 0.25) is 0 Å². The number of pyridine rings is 1. The predicted molar refractivity (Wildman–Crippen MR) is 100.0 cm³/mol. The summed E-state index contributed by atoms with van der Waals surface area (Å²) in [7, 11) is 0. The van der Waals surface area contributed by atoms with Gasteiger partial charge in [0.2, 0.25) is 5.91 Å². The van der Waals surface area contributed by atoms with Gasteiger partial charge in [0.25, 0.3) is 0 Å². The summed E-state index contributed by atoms with van der Waals surface area (Å²) in [5.41, 5.74) is 4.13. The van der Waals surface area contributed by atoms with E-state index in [1.807, 2.05) is 46.7 Å². The molecule has 0 saturated heterocycles. The zero-order valence-electron chi connectivity index (χ0n) is 14.1. The van der Waals surface area contributed by atoms with Gasteiger partial charge in [-0.1, -0.05) is 24.3 Å². The minimum Gasteiger partial charge on any atom is -0.309 e. The largest absolute Gasteiger partial charge is 0.309 e. The second-order valence-corrected chi connectivity index (χ2v) is 7.30. The molecule has 0 spiro atoms. The quantitative estimate of drug-likeness (QED) is 0.722. The highest BCUT2D eigenvalue weighted by Crippen LogP contribution is 2.32. The third-order valence-electron chi connectivity index (χ3n) is 4.47. The van der Waals surface area contributed by atoms with Gasteiger partial charge in [-0.25, -0.2) is 4.98 Å². The monoisotopic (exact) mass is 349 g/mol. The Morgan fingerprint density at radius 3 is 2.88 bits per heavy atom. The highest BCUT2D eigenvalue weighted by atomic mass is 32.1. The molecule has 1 aliphatic rings. The van der Waals surface area contributed by atoms with E-state index >= 15 is 0 Å². The molecule has 1 aromatic carbocycles. The summed E-state index contributed by atoms with van der Waals surface area (Å²) in [6.45, 7) is 2.10. The predicted octanol–water partition coefficient (Wildman–Crippen LogP) is 3.65. The average Bonchev–Trinajstić information content (AvgIpc) is 3.18. The lowest BCUT2D eigenvalue weighted by atomic mass is 10.1. The standard InChI is InChI=1S/C20H19N3OS/c1-14-10-15-6-2-3-8-18(15)23(14)20(24)12-17-13-25-19(22-17)11-16-7-4-5-9-21-16/h2-9,13-14H,10-12H2,1H3/t14-/m1/s1. The number of fused-ring (bicyclic) bond motifs is 1. The smallest absolute Gasteiger partial charge is 0.233 e. The number of hydrogen-bond acceptors (Lipinski definition) is 4. The third kappa shape index (κ3) is 3.33. The molecule has 0 fully saturated rings. The van der Waals surface area contributed by atoms with Crippen molar-refractivity contribution in [1.82, 2.24) is 9.97 Å². The van der Waals surface area contributed by atoms with Gasteiger partial charge in [-0.2, -0.15) is 0 Å². The SMILES string of the molecule is C[C@@H]1Cc2ccccc2N1C(=O)Cc1csc(Cc2ccccn2)n1. The lowest BCUT2D eigenvalue weighted by Crippen LogP contribution is -2.36. The van der Waals surface area contributed by atoms with E-state index < -0.39 is 0 Å². The second-order valence-electron chi connectivity index (χ2n) is 6.35. The van der Waals surface area contributed by atoms with Crippen molar-refractivity contribution in [3.05, 3.63) is 76.0 Å². The zero-order chi connectivity index (χ0) is 17.2. The van der Waals surface area contributed by atoms with Crippen LogP contribution in [0.1, 0.15) is 28.9 Å². The van der Waals surface area contributed by atoms with E-state index in [0.717, 1.165) is 28.5 Å². The Bertz CT molecular complexity index is 891. The minimum absolute atomic E-state index is 0.118. The molecule has 1 amide bonds. The van der Waals surface area contributed by atoms with Gasteiger partial charge in [-0.05, 0) is 37.1 Å². The molecule has 0 aliphatic carbocycles. The molecule has 3 heterocycles. The summed E-state index contributed by atoms with van der Waals surface area (Å²) < 4.78 is 0. The van der Waals surface area contributed by atoms with Crippen LogP contribution in [0.4, 0.5) is 5.69 Å². The number of nitrogens with zero attached hydrogens (tertiary/aromatic N) is 3. The summed E-state index contributed by atoms with van der Waals surface area (Å²) >= 11 is 1.59. The number of thiazole rings is 1. The molecule has 1 atom stereocenters. The van der Waals surface area contributed by atoms with Gasteiger partial charge in [0.05, 0.1) is 17.1 Å². The zero-order valence-corrected chi connectivity index (χ0v) is 14.9. The fourth-order valence-electron chi connectivity index (χ4n) is 3.35. The molecular weight excluding hydrogens is 330 g/mol. The number of hydrogen-bond donors (Lipinski definition) is 0. The fourth-order valence-corrected chi connectivity index (χ4v) is 4.16. The van der Waals surface area contributed by atoms with Crippen LogP contribution in [-0.2, 0) is 24.1 Å². The first-order valence-electron chi connectivity index (χ1n) is 8.44. The molecule has 4 rings (SSSR count). The number of carbonyl (C=O) groups excluding carboxylic acids is 1. The fraction of sp³-hybridized carbons (Fsp3) is 0.250. The number of aromatic nitrogens is 2. The van der Waals surface area contributed by atoms with Gasteiger partial charge in [-0.15, -0.1) is 11.3 Å². The Morgan fingerprint density at radius 2 is 2.04 bits per heavy atom. The number of carbonyl (C=O) groups is 1. The molecular formula is C20H19N3OS. The van der Waals surface area contributed by atoms with Gasteiger partial charge in [-0.3, -0.25) is 9.78 Å². The first kappa shape index (κ1) is 16.0. The maximum absolute atomic E-state index is 12.8. The Labute approximate surface area is 151 Å². The first-order chi connectivity index (χ1) is 12.2. The summed E-state index contributed by atoms with van der Waals surface area (Å²) in [6.07, 6.45) is 3.77. The number of anilines is 1.